The second kappa shape index (κ2) is 4.92. The van der Waals surface area contributed by atoms with Crippen LogP contribution in [0.3, 0.4) is 0 Å². The van der Waals surface area contributed by atoms with Gasteiger partial charge in [-0.3, -0.25) is 0 Å². The second-order valence-corrected chi connectivity index (χ2v) is 5.33. The van der Waals surface area contributed by atoms with Crippen molar-refractivity contribution in [1.29, 1.82) is 0 Å². The molecule has 0 unspecified atom stereocenters. The lowest BCUT2D eigenvalue weighted by Crippen LogP contribution is -2.03. The van der Waals surface area contributed by atoms with E-state index in [0.717, 1.165) is 5.52 Å². The molecule has 2 N–H and O–H groups in total. The van der Waals surface area contributed by atoms with E-state index in [-0.39, 0.29) is 5.56 Å². The molecule has 0 aliphatic rings. The maximum absolute atomic E-state index is 13.0. The summed E-state index contributed by atoms with van der Waals surface area (Å²) in [5, 5.41) is 13.6. The van der Waals surface area contributed by atoms with Crippen molar-refractivity contribution in [3.05, 3.63) is 46.3 Å². The van der Waals surface area contributed by atoms with E-state index in [1.165, 1.54) is 17.7 Å². The van der Waals surface area contributed by atoms with Gasteiger partial charge in [0.05, 0.1) is 6.21 Å². The van der Waals surface area contributed by atoms with Crippen molar-refractivity contribution in [2.24, 2.45) is 5.16 Å². The molecular weight excluding hydrogens is 301 g/mol. The first kappa shape index (κ1) is 13.7. The summed E-state index contributed by atoms with van der Waals surface area (Å²) in [5.41, 5.74) is 1.96. The Labute approximate surface area is 121 Å². The van der Waals surface area contributed by atoms with Gasteiger partial charge in [-0.15, -0.1) is 11.3 Å². The number of hydrogen-bond donors (Lipinski definition) is 2. The molecule has 3 nitrogen and oxygen atoms in total. The van der Waals surface area contributed by atoms with E-state index in [1.54, 1.807) is 24.4 Å². The Morgan fingerprint density at radius 1 is 1.19 bits per heavy atom. The average Bonchev–Trinajstić information content (AvgIpc) is 3.03. The number of thiophene rings is 1. The van der Waals surface area contributed by atoms with E-state index in [9.17, 15) is 13.2 Å². The number of aromatic nitrogens is 1. The number of nitrogens with one attached hydrogen (secondary N) is 1. The van der Waals surface area contributed by atoms with Gasteiger partial charge in [0, 0.05) is 28.2 Å². The van der Waals surface area contributed by atoms with Gasteiger partial charge in [0.15, 0.2) is 0 Å². The Kier molecular flexibility index (Phi) is 3.21. The highest BCUT2D eigenvalue weighted by molar-refractivity contribution is 7.10. The van der Waals surface area contributed by atoms with Crippen LogP contribution < -0.4 is 0 Å². The zero-order chi connectivity index (χ0) is 15.0. The molecule has 0 amide bonds. The number of halogens is 3. The third kappa shape index (κ3) is 2.40. The highest BCUT2D eigenvalue weighted by Gasteiger charge is 2.35. The minimum atomic E-state index is -4.38. The van der Waals surface area contributed by atoms with Crippen LogP contribution >= 0.6 is 11.3 Å². The van der Waals surface area contributed by atoms with Gasteiger partial charge in [-0.25, -0.2) is 0 Å². The maximum Gasteiger partial charge on any atom is 0.426 e. The van der Waals surface area contributed by atoms with Crippen LogP contribution in [0.4, 0.5) is 13.2 Å². The van der Waals surface area contributed by atoms with Gasteiger partial charge < -0.3 is 10.2 Å². The summed E-state index contributed by atoms with van der Waals surface area (Å²) in [6.45, 7) is 0. The van der Waals surface area contributed by atoms with E-state index < -0.39 is 11.1 Å². The Morgan fingerprint density at radius 3 is 2.71 bits per heavy atom. The summed E-state index contributed by atoms with van der Waals surface area (Å²) in [4.78, 5) is 2.33. The van der Waals surface area contributed by atoms with Crippen molar-refractivity contribution >= 4 is 28.5 Å². The van der Waals surface area contributed by atoms with E-state index >= 15 is 0 Å². The molecule has 0 saturated heterocycles. The summed E-state index contributed by atoms with van der Waals surface area (Å²) in [6, 6.07) is 6.58. The molecule has 108 valence electrons. The van der Waals surface area contributed by atoms with Crippen molar-refractivity contribution in [2.45, 2.75) is 6.18 Å². The van der Waals surface area contributed by atoms with Gasteiger partial charge in [-0.05, 0) is 29.1 Å². The molecule has 0 radical (unpaired) electrons. The molecule has 21 heavy (non-hydrogen) atoms. The Bertz CT molecular complexity index is 817. The molecule has 0 aliphatic carbocycles. The second-order valence-electron chi connectivity index (χ2n) is 4.41. The molecule has 0 atom stereocenters. The van der Waals surface area contributed by atoms with Gasteiger partial charge in [0.2, 0.25) is 0 Å². The first-order valence-corrected chi connectivity index (χ1v) is 6.82. The van der Waals surface area contributed by atoms with Gasteiger partial charge in [-0.2, -0.15) is 13.2 Å². The Balaban J connectivity index is 2.21. The summed E-state index contributed by atoms with van der Waals surface area (Å²) < 4.78 is 39.1. The van der Waals surface area contributed by atoms with Crippen LogP contribution in [0.2, 0.25) is 0 Å². The molecule has 3 aromatic rings. The lowest BCUT2D eigenvalue weighted by Gasteiger charge is -2.07. The zero-order valence-corrected chi connectivity index (χ0v) is 11.3. The first-order valence-electron chi connectivity index (χ1n) is 5.94. The van der Waals surface area contributed by atoms with Crippen LogP contribution in [0.25, 0.3) is 22.0 Å². The zero-order valence-electron chi connectivity index (χ0n) is 10.5. The molecule has 2 aromatic heterocycles. The summed E-state index contributed by atoms with van der Waals surface area (Å²) in [6.07, 6.45) is -1.59. The fourth-order valence-electron chi connectivity index (χ4n) is 2.25. The van der Waals surface area contributed by atoms with E-state index in [1.807, 2.05) is 0 Å². The molecule has 0 saturated carbocycles. The normalized spacial score (nSPS) is 12.5. The SMILES string of the molecule is ON=Cc1ccc2[nH]cc(-c3ccsc3C(F)(F)F)c2c1. The number of hydrogen-bond acceptors (Lipinski definition) is 3. The number of H-pyrrole nitrogens is 1. The van der Waals surface area contributed by atoms with Gasteiger partial charge in [0.1, 0.15) is 4.88 Å². The predicted octanol–water partition coefficient (Wildman–Crippen LogP) is 4.72. The van der Waals surface area contributed by atoms with E-state index in [2.05, 4.69) is 10.1 Å². The number of oxime groups is 1. The highest BCUT2D eigenvalue weighted by Crippen LogP contribution is 2.42. The lowest BCUT2D eigenvalue weighted by molar-refractivity contribution is -0.133. The fourth-order valence-corrected chi connectivity index (χ4v) is 3.03. The van der Waals surface area contributed by atoms with Crippen molar-refractivity contribution in [1.82, 2.24) is 4.98 Å². The van der Waals surface area contributed by atoms with Crippen LogP contribution in [-0.4, -0.2) is 16.4 Å². The Hall–Kier alpha value is -2.28. The van der Waals surface area contributed by atoms with Crippen LogP contribution in [0.15, 0.2) is 41.0 Å². The number of nitrogens with zero attached hydrogens (tertiary/aromatic N) is 1. The largest absolute Gasteiger partial charge is 0.426 e. The van der Waals surface area contributed by atoms with Crippen molar-refractivity contribution in [3.8, 4) is 11.1 Å². The van der Waals surface area contributed by atoms with Crippen LogP contribution in [0.5, 0.6) is 0 Å². The van der Waals surface area contributed by atoms with Gasteiger partial charge >= 0.3 is 6.18 Å². The quantitative estimate of drug-likeness (QED) is 0.401. The first-order chi connectivity index (χ1) is 10.0. The molecule has 2 heterocycles. The van der Waals surface area contributed by atoms with Crippen molar-refractivity contribution in [3.63, 3.8) is 0 Å². The summed E-state index contributed by atoms with van der Waals surface area (Å²) in [5.74, 6) is 0. The predicted molar refractivity (Wildman–Crippen MR) is 76.0 cm³/mol. The van der Waals surface area contributed by atoms with Crippen molar-refractivity contribution < 1.29 is 18.4 Å². The smallest absolute Gasteiger partial charge is 0.411 e. The molecule has 0 spiro atoms. The van der Waals surface area contributed by atoms with Crippen LogP contribution in [0, 0.1) is 0 Å². The fraction of sp³-hybridized carbons (Fsp3) is 0.0714. The topological polar surface area (TPSA) is 48.4 Å². The van der Waals surface area contributed by atoms with Crippen LogP contribution in [0.1, 0.15) is 10.4 Å². The number of benzene rings is 1. The monoisotopic (exact) mass is 310 g/mol. The molecule has 1 aromatic carbocycles. The molecule has 0 aliphatic heterocycles. The average molecular weight is 310 g/mol. The van der Waals surface area contributed by atoms with E-state index in [0.29, 0.717) is 27.8 Å². The molecule has 0 bridgehead atoms. The minimum Gasteiger partial charge on any atom is -0.411 e. The van der Waals surface area contributed by atoms with Crippen LogP contribution in [-0.2, 0) is 6.18 Å². The third-order valence-electron chi connectivity index (χ3n) is 3.13. The molecule has 3 rings (SSSR count). The third-order valence-corrected chi connectivity index (χ3v) is 4.08. The standard InChI is InChI=1S/C14H9F3N2OS/c15-14(16,17)13-9(3-4-21-13)11-7-18-12-2-1-8(6-19-20)5-10(11)12/h1-7,18,20H. The molecular formula is C14H9F3N2OS. The Morgan fingerprint density at radius 2 is 2.00 bits per heavy atom. The molecule has 7 heteroatoms. The molecule has 0 fully saturated rings. The number of alkyl halides is 3. The summed E-state index contributed by atoms with van der Waals surface area (Å²) >= 11 is 0.673. The van der Waals surface area contributed by atoms with Crippen molar-refractivity contribution in [2.75, 3.05) is 0 Å². The number of fused-ring (bicyclic) bond motifs is 1. The number of aromatic amines is 1. The maximum atomic E-state index is 13.0. The van der Waals surface area contributed by atoms with E-state index in [4.69, 9.17) is 5.21 Å². The van der Waals surface area contributed by atoms with Gasteiger partial charge in [-0.1, -0.05) is 11.2 Å². The lowest BCUT2D eigenvalue weighted by atomic mass is 10.0. The highest BCUT2D eigenvalue weighted by atomic mass is 32.1. The number of rotatable bonds is 2. The minimum absolute atomic E-state index is 0.150. The van der Waals surface area contributed by atoms with Gasteiger partial charge in [0.25, 0.3) is 0 Å². The summed E-state index contributed by atoms with van der Waals surface area (Å²) in [7, 11) is 0.